The van der Waals surface area contributed by atoms with Crippen LogP contribution in [0.2, 0.25) is 0 Å². The van der Waals surface area contributed by atoms with Gasteiger partial charge in [0.2, 0.25) is 5.91 Å². The van der Waals surface area contributed by atoms with Crippen molar-refractivity contribution in [2.75, 3.05) is 66.3 Å². The van der Waals surface area contributed by atoms with Crippen molar-refractivity contribution in [2.24, 2.45) is 0 Å². The van der Waals surface area contributed by atoms with Gasteiger partial charge in [0.1, 0.15) is 6.04 Å². The van der Waals surface area contributed by atoms with Crippen LogP contribution in [0.4, 0.5) is 0 Å². The highest BCUT2D eigenvalue weighted by Gasteiger charge is 2.30. The molecule has 0 spiro atoms. The SMILES string of the molecule is CCOC(=O)CN(CC(=O)OCC)Cc1cccc(CN(CC(=O)OC)C(CCCCNC(=O)CCCOP(OCCC#N)N(C(C)C)C(C)C)C(=O)OCC)n1. The Morgan fingerprint density at radius 2 is 1.40 bits per heavy atom. The summed E-state index contributed by atoms with van der Waals surface area (Å²) in [5.74, 6) is -2.15. The molecule has 1 amide bonds. The van der Waals surface area contributed by atoms with Gasteiger partial charge in [0, 0.05) is 38.1 Å². The van der Waals surface area contributed by atoms with Gasteiger partial charge in [0.25, 0.3) is 8.53 Å². The molecule has 322 valence electrons. The van der Waals surface area contributed by atoms with Crippen molar-refractivity contribution < 1.29 is 52.0 Å². The molecule has 0 saturated carbocycles. The Kier molecular flexibility index (Phi) is 27.3. The molecule has 0 bridgehead atoms. The third-order valence-corrected chi connectivity index (χ3v) is 10.2. The predicted octanol–water partition coefficient (Wildman–Crippen LogP) is 4.28. The van der Waals surface area contributed by atoms with Gasteiger partial charge in [-0.15, -0.1) is 0 Å². The number of amides is 1. The Labute approximate surface area is 339 Å². The summed E-state index contributed by atoms with van der Waals surface area (Å²) in [7, 11) is -0.107. The third kappa shape index (κ3) is 22.1. The molecule has 1 rings (SSSR count). The second-order valence-electron chi connectivity index (χ2n) is 13.5. The van der Waals surface area contributed by atoms with Crippen LogP contribution < -0.4 is 5.32 Å². The van der Waals surface area contributed by atoms with Crippen LogP contribution in [0.3, 0.4) is 0 Å². The maximum absolute atomic E-state index is 13.3. The number of ether oxygens (including phenoxy) is 4. The van der Waals surface area contributed by atoms with Gasteiger partial charge < -0.3 is 33.3 Å². The first-order valence-corrected chi connectivity index (χ1v) is 20.9. The van der Waals surface area contributed by atoms with E-state index in [1.165, 1.54) is 7.11 Å². The summed E-state index contributed by atoms with van der Waals surface area (Å²) in [6.45, 7) is 14.6. The van der Waals surface area contributed by atoms with Crippen LogP contribution in [0.25, 0.3) is 0 Å². The number of unbranched alkanes of at least 4 members (excludes halogenated alkanes) is 1. The van der Waals surface area contributed by atoms with Gasteiger partial charge >= 0.3 is 23.9 Å². The molecule has 0 fully saturated rings. The van der Waals surface area contributed by atoms with Gasteiger partial charge in [-0.05, 0) is 86.3 Å². The van der Waals surface area contributed by atoms with E-state index in [1.54, 1.807) is 48.8 Å². The normalized spacial score (nSPS) is 12.4. The van der Waals surface area contributed by atoms with Crippen LogP contribution >= 0.6 is 8.53 Å². The lowest BCUT2D eigenvalue weighted by Crippen LogP contribution is -2.45. The van der Waals surface area contributed by atoms with Crippen LogP contribution in [-0.4, -0.2) is 134 Å². The summed E-state index contributed by atoms with van der Waals surface area (Å²) in [6, 6.07) is 6.90. The molecule has 0 aliphatic rings. The summed E-state index contributed by atoms with van der Waals surface area (Å²) in [5.41, 5.74) is 1.09. The fourth-order valence-corrected chi connectivity index (χ4v) is 7.38. The third-order valence-electron chi connectivity index (χ3n) is 8.13. The minimum Gasteiger partial charge on any atom is -0.468 e. The number of aromatic nitrogens is 1. The smallest absolute Gasteiger partial charge is 0.323 e. The fourth-order valence-electron chi connectivity index (χ4n) is 5.75. The second-order valence-corrected chi connectivity index (χ2v) is 14.9. The molecule has 17 nitrogen and oxygen atoms in total. The Bertz CT molecular complexity index is 1370. The molecular formula is C39H65N6O11P. The van der Waals surface area contributed by atoms with Crippen molar-refractivity contribution in [2.45, 2.75) is 118 Å². The van der Waals surface area contributed by atoms with Gasteiger partial charge in [-0.3, -0.25) is 38.8 Å². The Morgan fingerprint density at radius 1 is 0.807 bits per heavy atom. The van der Waals surface area contributed by atoms with Crippen LogP contribution in [0.15, 0.2) is 18.2 Å². The number of nitrogens with one attached hydrogen (secondary N) is 1. The molecule has 1 heterocycles. The summed E-state index contributed by atoms with van der Waals surface area (Å²) in [5, 5.41) is 11.8. The van der Waals surface area contributed by atoms with Gasteiger partial charge in [-0.25, -0.2) is 4.67 Å². The number of nitrogens with zero attached hydrogens (tertiary/aromatic N) is 5. The van der Waals surface area contributed by atoms with Crippen molar-refractivity contribution >= 4 is 38.3 Å². The average molecular weight is 825 g/mol. The Balaban J connectivity index is 2.91. The summed E-state index contributed by atoms with van der Waals surface area (Å²) < 4.78 is 34.6. The maximum atomic E-state index is 13.3. The zero-order chi connectivity index (χ0) is 42.6. The Morgan fingerprint density at radius 3 is 1.96 bits per heavy atom. The highest BCUT2D eigenvalue weighted by molar-refractivity contribution is 7.44. The van der Waals surface area contributed by atoms with Crippen molar-refractivity contribution in [1.82, 2.24) is 24.8 Å². The zero-order valence-electron chi connectivity index (χ0n) is 35.2. The van der Waals surface area contributed by atoms with Gasteiger partial charge in [0.15, 0.2) is 0 Å². The number of esters is 4. The minimum atomic E-state index is -1.38. The van der Waals surface area contributed by atoms with E-state index in [2.05, 4.69) is 43.8 Å². The lowest BCUT2D eigenvalue weighted by molar-refractivity contribution is -0.153. The minimum absolute atomic E-state index is 0.0959. The monoisotopic (exact) mass is 824 g/mol. The molecule has 0 aromatic carbocycles. The molecular weight excluding hydrogens is 759 g/mol. The van der Waals surface area contributed by atoms with E-state index in [0.717, 1.165) is 0 Å². The number of hydrogen-bond donors (Lipinski definition) is 1. The number of methoxy groups -OCH3 is 1. The Hall–Kier alpha value is -3.78. The molecule has 1 aromatic heterocycles. The quantitative estimate of drug-likeness (QED) is 0.0481. The number of rotatable bonds is 31. The molecule has 18 heteroatoms. The molecule has 57 heavy (non-hydrogen) atoms. The second kappa shape index (κ2) is 30.3. The summed E-state index contributed by atoms with van der Waals surface area (Å²) in [6.07, 6.45) is 2.48. The molecule has 0 aliphatic heterocycles. The molecule has 0 radical (unpaired) electrons. The first-order chi connectivity index (χ1) is 27.3. The van der Waals surface area contributed by atoms with E-state index >= 15 is 0 Å². The molecule has 1 N–H and O–H groups in total. The molecule has 2 unspecified atom stereocenters. The molecule has 1 aromatic rings. The van der Waals surface area contributed by atoms with Gasteiger partial charge in [0.05, 0.1) is 83.7 Å². The first kappa shape index (κ1) is 51.2. The lowest BCUT2D eigenvalue weighted by atomic mass is 10.1. The topological polar surface area (TPSA) is 199 Å². The molecule has 0 aliphatic carbocycles. The number of hydrogen-bond acceptors (Lipinski definition) is 16. The van der Waals surface area contributed by atoms with Crippen molar-refractivity contribution in [3.8, 4) is 6.07 Å². The fraction of sp³-hybridized carbons (Fsp3) is 0.718. The lowest BCUT2D eigenvalue weighted by Gasteiger charge is -2.35. The maximum Gasteiger partial charge on any atom is 0.323 e. The van der Waals surface area contributed by atoms with Crippen LogP contribution in [0, 0.1) is 11.3 Å². The van der Waals surface area contributed by atoms with Crippen LogP contribution in [-0.2, 0) is 65.1 Å². The van der Waals surface area contributed by atoms with E-state index in [1.807, 2.05) is 0 Å². The predicted molar refractivity (Wildman–Crippen MR) is 213 cm³/mol. The number of carbonyl (C=O) groups excluding carboxylic acids is 5. The highest BCUT2D eigenvalue weighted by Crippen LogP contribution is 2.46. The molecule has 2 atom stereocenters. The summed E-state index contributed by atoms with van der Waals surface area (Å²) in [4.78, 5) is 71.0. The summed E-state index contributed by atoms with van der Waals surface area (Å²) >= 11 is 0. The zero-order valence-corrected chi connectivity index (χ0v) is 36.1. The van der Waals surface area contributed by atoms with Crippen molar-refractivity contribution in [3.63, 3.8) is 0 Å². The van der Waals surface area contributed by atoms with Crippen molar-refractivity contribution in [3.05, 3.63) is 29.6 Å². The van der Waals surface area contributed by atoms with E-state index in [4.69, 9.17) is 38.2 Å². The first-order valence-electron chi connectivity index (χ1n) is 19.7. The number of nitriles is 1. The van der Waals surface area contributed by atoms with Crippen LogP contribution in [0.1, 0.15) is 98.4 Å². The molecule has 0 saturated heterocycles. The van der Waals surface area contributed by atoms with Gasteiger partial charge in [-0.2, -0.15) is 5.26 Å². The van der Waals surface area contributed by atoms with E-state index < -0.39 is 38.4 Å². The average Bonchev–Trinajstić information content (AvgIpc) is 3.14. The van der Waals surface area contributed by atoms with E-state index in [0.29, 0.717) is 50.2 Å². The largest absolute Gasteiger partial charge is 0.468 e. The standard InChI is InChI=1S/C39H65N6O11P/c1-9-52-37(48)27-43(28-38(49)53-10-2)25-32-17-14-18-33(42-32)26-44(29-36(47)51-8)34(39(50)54-11-3)19-12-13-22-41-35(46)20-15-23-55-57(56-24-16-21-40)45(30(4)5)31(6)7/h14,17-18,30-31,34H,9-13,15-16,19-20,22-29H2,1-8H3,(H,41,46). The van der Waals surface area contributed by atoms with E-state index in [-0.39, 0.29) is 90.0 Å². The van der Waals surface area contributed by atoms with E-state index in [9.17, 15) is 24.0 Å². The highest BCUT2D eigenvalue weighted by atomic mass is 31.2. The van der Waals surface area contributed by atoms with Crippen molar-refractivity contribution in [1.29, 1.82) is 5.26 Å². The number of carbonyl (C=O) groups is 5. The van der Waals surface area contributed by atoms with Gasteiger partial charge in [-0.1, -0.05) is 6.07 Å². The number of pyridine rings is 1. The van der Waals surface area contributed by atoms with Crippen LogP contribution in [0.5, 0.6) is 0 Å².